The fourth-order valence-electron chi connectivity index (χ4n) is 3.35. The molecule has 2 fully saturated rings. The Morgan fingerprint density at radius 2 is 2.00 bits per heavy atom. The van der Waals surface area contributed by atoms with E-state index < -0.39 is 29.1 Å². The van der Waals surface area contributed by atoms with Gasteiger partial charge in [-0.15, -0.1) is 0 Å². The molecule has 2 heterocycles. The van der Waals surface area contributed by atoms with Crippen LogP contribution in [0.2, 0.25) is 0 Å². The number of hydrogen-bond donors (Lipinski definition) is 1. The molecule has 6 heteroatoms. The number of nitrogens with zero attached hydrogens (tertiary/aromatic N) is 1. The predicted octanol–water partition coefficient (Wildman–Crippen LogP) is 2.27. The number of carboxylic acid groups (broad SMARTS) is 1. The molecule has 0 radical (unpaired) electrons. The second-order valence-corrected chi connectivity index (χ2v) is 6.91. The van der Waals surface area contributed by atoms with E-state index in [4.69, 9.17) is 9.47 Å². The van der Waals surface area contributed by atoms with E-state index in [9.17, 15) is 14.7 Å². The van der Waals surface area contributed by atoms with E-state index >= 15 is 0 Å². The first-order valence-corrected chi connectivity index (χ1v) is 7.57. The predicted molar refractivity (Wildman–Crippen MR) is 76.1 cm³/mol. The molecule has 0 saturated carbocycles. The normalized spacial score (nSPS) is 30.2. The molecule has 21 heavy (non-hydrogen) atoms. The third-order valence-corrected chi connectivity index (χ3v) is 4.30. The highest BCUT2D eigenvalue weighted by atomic mass is 16.6. The van der Waals surface area contributed by atoms with Crippen LogP contribution >= 0.6 is 0 Å². The van der Waals surface area contributed by atoms with Crippen molar-refractivity contribution < 1.29 is 24.2 Å². The Kier molecular flexibility index (Phi) is 4.46. The van der Waals surface area contributed by atoms with Crippen LogP contribution in [0.3, 0.4) is 0 Å². The fraction of sp³-hybridized carbons (Fsp3) is 0.867. The number of hydrogen-bond acceptors (Lipinski definition) is 4. The molecule has 0 aromatic carbocycles. The highest BCUT2D eigenvalue weighted by Gasteiger charge is 2.53. The van der Waals surface area contributed by atoms with Gasteiger partial charge in [0.25, 0.3) is 0 Å². The number of amides is 1. The van der Waals surface area contributed by atoms with E-state index in [1.165, 1.54) is 0 Å². The van der Waals surface area contributed by atoms with E-state index in [0.29, 0.717) is 26.0 Å². The van der Waals surface area contributed by atoms with Crippen LogP contribution in [0.4, 0.5) is 4.79 Å². The van der Waals surface area contributed by atoms with Gasteiger partial charge in [-0.05, 0) is 46.5 Å². The average Bonchev–Trinajstić information content (AvgIpc) is 2.37. The molecule has 0 bridgehead atoms. The third-order valence-electron chi connectivity index (χ3n) is 4.30. The number of rotatable bonds is 1. The van der Waals surface area contributed by atoms with Gasteiger partial charge in [-0.1, -0.05) is 0 Å². The number of carbonyl (C=O) groups excluding carboxylic acids is 1. The summed E-state index contributed by atoms with van der Waals surface area (Å²) in [7, 11) is 0. The lowest BCUT2D eigenvalue weighted by atomic mass is 9.73. The van der Waals surface area contributed by atoms with E-state index in [1.807, 2.05) is 20.8 Å². The number of carboxylic acids is 1. The van der Waals surface area contributed by atoms with Crippen molar-refractivity contribution in [3.8, 4) is 0 Å². The Hall–Kier alpha value is -1.30. The maximum atomic E-state index is 12.5. The first-order chi connectivity index (χ1) is 9.76. The fourth-order valence-corrected chi connectivity index (χ4v) is 3.35. The standard InChI is InChI=1S/C15H25NO5/c1-14(2,3)21-13(19)16-8-5-4-6-15(16)7-9-20-10-11(15)12(17)18/h11H,4-10H2,1-3H3,(H,17,18). The van der Waals surface area contributed by atoms with Gasteiger partial charge in [-0.2, -0.15) is 0 Å². The minimum Gasteiger partial charge on any atom is -0.481 e. The zero-order valence-corrected chi connectivity index (χ0v) is 13.1. The van der Waals surface area contributed by atoms with Gasteiger partial charge < -0.3 is 19.5 Å². The topological polar surface area (TPSA) is 76.1 Å². The van der Waals surface area contributed by atoms with E-state index in [1.54, 1.807) is 4.90 Å². The first kappa shape index (κ1) is 16.1. The van der Waals surface area contributed by atoms with E-state index in [2.05, 4.69) is 0 Å². The maximum Gasteiger partial charge on any atom is 0.410 e. The van der Waals surface area contributed by atoms with Gasteiger partial charge in [0.2, 0.25) is 0 Å². The molecule has 2 aliphatic rings. The molecule has 1 amide bonds. The van der Waals surface area contributed by atoms with Crippen molar-refractivity contribution in [2.45, 2.75) is 57.6 Å². The highest BCUT2D eigenvalue weighted by Crippen LogP contribution is 2.41. The Morgan fingerprint density at radius 1 is 1.29 bits per heavy atom. The van der Waals surface area contributed by atoms with Crippen molar-refractivity contribution >= 4 is 12.1 Å². The molecule has 0 aliphatic carbocycles. The highest BCUT2D eigenvalue weighted by molar-refractivity contribution is 5.75. The molecule has 2 rings (SSSR count). The maximum absolute atomic E-state index is 12.5. The second-order valence-electron chi connectivity index (χ2n) is 6.91. The molecule has 2 atom stereocenters. The van der Waals surface area contributed by atoms with Crippen LogP contribution in [0, 0.1) is 5.92 Å². The Labute approximate surface area is 125 Å². The van der Waals surface area contributed by atoms with Gasteiger partial charge in [0, 0.05) is 13.2 Å². The van der Waals surface area contributed by atoms with Crippen LogP contribution in [0.5, 0.6) is 0 Å². The van der Waals surface area contributed by atoms with Crippen LogP contribution in [-0.2, 0) is 14.3 Å². The number of carbonyl (C=O) groups is 2. The minimum absolute atomic E-state index is 0.161. The van der Waals surface area contributed by atoms with Crippen molar-refractivity contribution in [3.63, 3.8) is 0 Å². The number of likely N-dealkylation sites (tertiary alicyclic amines) is 1. The Morgan fingerprint density at radius 3 is 2.62 bits per heavy atom. The van der Waals surface area contributed by atoms with Crippen molar-refractivity contribution in [3.05, 3.63) is 0 Å². The van der Waals surface area contributed by atoms with E-state index in [0.717, 1.165) is 12.8 Å². The summed E-state index contributed by atoms with van der Waals surface area (Å²) >= 11 is 0. The summed E-state index contributed by atoms with van der Waals surface area (Å²) in [4.78, 5) is 25.8. The van der Waals surface area contributed by atoms with Crippen LogP contribution in [0.1, 0.15) is 46.5 Å². The number of aliphatic carboxylic acids is 1. The zero-order valence-electron chi connectivity index (χ0n) is 13.1. The molecule has 6 nitrogen and oxygen atoms in total. The van der Waals surface area contributed by atoms with Gasteiger partial charge in [0.1, 0.15) is 11.5 Å². The Bertz CT molecular complexity index is 411. The number of ether oxygens (including phenoxy) is 2. The summed E-state index contributed by atoms with van der Waals surface area (Å²) in [6.07, 6.45) is 2.67. The SMILES string of the molecule is CC(C)(C)OC(=O)N1CCCCC12CCOCC2C(=O)O. The summed E-state index contributed by atoms with van der Waals surface area (Å²) < 4.78 is 10.8. The van der Waals surface area contributed by atoms with Crippen molar-refractivity contribution in [2.75, 3.05) is 19.8 Å². The van der Waals surface area contributed by atoms with Crippen molar-refractivity contribution in [1.82, 2.24) is 4.90 Å². The van der Waals surface area contributed by atoms with E-state index in [-0.39, 0.29) is 6.61 Å². The van der Waals surface area contributed by atoms with Crippen LogP contribution in [0.15, 0.2) is 0 Å². The third kappa shape index (κ3) is 3.31. The summed E-state index contributed by atoms with van der Waals surface area (Å²) in [6.45, 7) is 6.66. The van der Waals surface area contributed by atoms with Gasteiger partial charge in [0.05, 0.1) is 12.1 Å². The van der Waals surface area contributed by atoms with Gasteiger partial charge >= 0.3 is 12.1 Å². The lowest BCUT2D eigenvalue weighted by Gasteiger charge is -2.51. The molecule has 2 unspecified atom stereocenters. The molecule has 1 spiro atoms. The lowest BCUT2D eigenvalue weighted by molar-refractivity contribution is -0.161. The van der Waals surface area contributed by atoms with Gasteiger partial charge in [0.15, 0.2) is 0 Å². The molecule has 1 N–H and O–H groups in total. The molecule has 120 valence electrons. The molecule has 2 aliphatic heterocycles. The smallest absolute Gasteiger partial charge is 0.410 e. The summed E-state index contributed by atoms with van der Waals surface area (Å²) in [6, 6.07) is 0. The Balaban J connectivity index is 2.28. The van der Waals surface area contributed by atoms with Gasteiger partial charge in [-0.3, -0.25) is 4.79 Å². The lowest BCUT2D eigenvalue weighted by Crippen LogP contribution is -2.64. The van der Waals surface area contributed by atoms with Crippen molar-refractivity contribution in [2.24, 2.45) is 5.92 Å². The second kappa shape index (κ2) is 5.83. The van der Waals surface area contributed by atoms with Crippen LogP contribution in [-0.4, -0.2) is 53.0 Å². The summed E-state index contributed by atoms with van der Waals surface area (Å²) in [5, 5.41) is 9.53. The average molecular weight is 299 g/mol. The number of piperidine rings is 1. The zero-order chi connectivity index (χ0) is 15.7. The largest absolute Gasteiger partial charge is 0.481 e. The quantitative estimate of drug-likeness (QED) is 0.803. The van der Waals surface area contributed by atoms with Crippen LogP contribution in [0.25, 0.3) is 0 Å². The minimum atomic E-state index is -0.898. The van der Waals surface area contributed by atoms with Gasteiger partial charge in [-0.25, -0.2) is 4.79 Å². The molecular weight excluding hydrogens is 274 g/mol. The molecule has 2 saturated heterocycles. The first-order valence-electron chi connectivity index (χ1n) is 7.57. The van der Waals surface area contributed by atoms with Crippen molar-refractivity contribution in [1.29, 1.82) is 0 Å². The summed E-state index contributed by atoms with van der Waals surface area (Å²) in [5.41, 5.74) is -1.25. The summed E-state index contributed by atoms with van der Waals surface area (Å²) in [5.74, 6) is -1.58. The molecular formula is C15H25NO5. The molecule has 0 aromatic heterocycles. The monoisotopic (exact) mass is 299 g/mol. The van der Waals surface area contributed by atoms with Crippen LogP contribution < -0.4 is 0 Å². The molecule has 0 aromatic rings.